The van der Waals surface area contributed by atoms with Crippen molar-refractivity contribution < 1.29 is 23.9 Å². The molecular formula is C58H103N3O5S. The summed E-state index contributed by atoms with van der Waals surface area (Å²) in [6.45, 7) is 11.8. The maximum absolute atomic E-state index is 13.7. The van der Waals surface area contributed by atoms with Gasteiger partial charge >= 0.3 is 5.97 Å². The Bertz CT molecular complexity index is 1420. The Morgan fingerprint density at radius 1 is 0.672 bits per heavy atom. The number of ether oxygens (including phenoxy) is 2. The van der Waals surface area contributed by atoms with E-state index in [1.807, 2.05) is 0 Å². The molecule has 0 saturated heterocycles. The monoisotopic (exact) mass is 954 g/mol. The number of ketones is 1. The van der Waals surface area contributed by atoms with Gasteiger partial charge in [0, 0.05) is 48.8 Å². The molecule has 386 valence electrons. The van der Waals surface area contributed by atoms with Gasteiger partial charge in [0.25, 0.3) is 5.91 Å². The predicted octanol–water partition coefficient (Wildman–Crippen LogP) is 15.3. The highest BCUT2D eigenvalue weighted by Crippen LogP contribution is 2.34. The van der Waals surface area contributed by atoms with Gasteiger partial charge in [-0.05, 0) is 116 Å². The summed E-state index contributed by atoms with van der Waals surface area (Å²) in [5.74, 6) is 0.445. The van der Waals surface area contributed by atoms with E-state index < -0.39 is 0 Å². The Kier molecular flexibility index (Phi) is 38.6. The average molecular weight is 955 g/mol. The lowest BCUT2D eigenvalue weighted by molar-refractivity contribution is -0.149. The molecule has 0 bridgehead atoms. The summed E-state index contributed by atoms with van der Waals surface area (Å²) in [6, 6.07) is 0. The van der Waals surface area contributed by atoms with Crippen LogP contribution in [0.5, 0.6) is 0 Å². The molecule has 67 heavy (non-hydrogen) atoms. The second kappa shape index (κ2) is 42.5. The maximum Gasteiger partial charge on any atom is 0.308 e. The lowest BCUT2D eigenvalue weighted by Crippen LogP contribution is -2.33. The number of carbonyl (C=O) groups excluding carboxylic acids is 3. The lowest BCUT2D eigenvalue weighted by Gasteiger charge is -2.27. The van der Waals surface area contributed by atoms with Gasteiger partial charge < -0.3 is 19.7 Å². The van der Waals surface area contributed by atoms with E-state index in [9.17, 15) is 14.4 Å². The Hall–Kier alpha value is -2.33. The first-order valence-corrected chi connectivity index (χ1v) is 29.0. The fraction of sp³-hybridized carbons (Fsp3) is 0.810. The summed E-state index contributed by atoms with van der Waals surface area (Å²) in [7, 11) is 4.12. The number of unbranched alkanes of at least 4 members (excludes halogenated alkanes) is 21. The molecule has 0 atom stereocenters. The lowest BCUT2D eigenvalue weighted by atomic mass is 9.94. The number of amides is 1. The zero-order chi connectivity index (χ0) is 48.4. The van der Waals surface area contributed by atoms with Crippen molar-refractivity contribution in [2.24, 2.45) is 5.92 Å². The second-order valence-corrected chi connectivity index (χ2v) is 21.2. The quantitative estimate of drug-likeness (QED) is 0.0396. The summed E-state index contributed by atoms with van der Waals surface area (Å²) in [5, 5.41) is 3.20. The van der Waals surface area contributed by atoms with E-state index in [-0.39, 0.29) is 17.8 Å². The zero-order valence-corrected chi connectivity index (χ0v) is 45.0. The number of nitrogens with zero attached hydrogens (tertiary/aromatic N) is 2. The van der Waals surface area contributed by atoms with Crippen LogP contribution in [0.2, 0.25) is 0 Å². The Morgan fingerprint density at radius 2 is 1.24 bits per heavy atom. The minimum atomic E-state index is 0.0213. The van der Waals surface area contributed by atoms with Crippen LogP contribution in [0.15, 0.2) is 24.3 Å². The Morgan fingerprint density at radius 3 is 1.90 bits per heavy atom. The molecule has 0 aliphatic carbocycles. The van der Waals surface area contributed by atoms with Crippen LogP contribution in [0.1, 0.15) is 252 Å². The van der Waals surface area contributed by atoms with E-state index in [0.717, 1.165) is 127 Å². The van der Waals surface area contributed by atoms with E-state index in [1.165, 1.54) is 120 Å². The zero-order valence-electron chi connectivity index (χ0n) is 44.2. The molecule has 1 aliphatic heterocycles. The van der Waals surface area contributed by atoms with Gasteiger partial charge in [0.1, 0.15) is 5.78 Å². The van der Waals surface area contributed by atoms with Crippen LogP contribution < -0.4 is 5.32 Å². The molecule has 0 spiro atoms. The molecule has 9 heteroatoms. The van der Waals surface area contributed by atoms with Crippen LogP contribution in [-0.2, 0) is 38.4 Å². The van der Waals surface area contributed by atoms with Crippen LogP contribution in [0, 0.1) is 5.92 Å². The van der Waals surface area contributed by atoms with Crippen molar-refractivity contribution in [3.63, 3.8) is 0 Å². The van der Waals surface area contributed by atoms with Crippen LogP contribution in [0.25, 0.3) is 0 Å². The molecule has 0 unspecified atom stereocenters. The highest BCUT2D eigenvalue weighted by Gasteiger charge is 2.28. The van der Waals surface area contributed by atoms with E-state index in [0.29, 0.717) is 44.9 Å². The third-order valence-corrected chi connectivity index (χ3v) is 14.7. The Balaban J connectivity index is 1.72. The number of esters is 1. The highest BCUT2D eigenvalue weighted by molar-refractivity contribution is 7.12. The van der Waals surface area contributed by atoms with E-state index in [2.05, 4.69) is 74.3 Å². The molecule has 1 aromatic heterocycles. The number of thiophene rings is 1. The molecule has 2 rings (SSSR count). The van der Waals surface area contributed by atoms with Crippen LogP contribution in [-0.4, -0.2) is 81.1 Å². The molecule has 1 aromatic rings. The third kappa shape index (κ3) is 31.5. The summed E-state index contributed by atoms with van der Waals surface area (Å²) in [5.41, 5.74) is 2.02. The minimum absolute atomic E-state index is 0.0213. The molecule has 0 fully saturated rings. The normalized spacial score (nSPS) is 13.2. The topological polar surface area (TPSA) is 88.2 Å². The number of hydrogen-bond donors (Lipinski definition) is 1. The fourth-order valence-electron chi connectivity index (χ4n) is 9.13. The van der Waals surface area contributed by atoms with Gasteiger partial charge in [-0.3, -0.25) is 19.3 Å². The number of allylic oxidation sites excluding steroid dienone is 4. The number of nitrogens with one attached hydrogen (secondary N) is 1. The van der Waals surface area contributed by atoms with E-state index >= 15 is 0 Å². The Labute approximate surface area is 416 Å². The number of Topliss-reactive ketones (excluding diaryl/α,β-unsaturated/α-hetero) is 1. The average Bonchev–Trinajstić information content (AvgIpc) is 3.69. The molecule has 2 heterocycles. The first-order chi connectivity index (χ1) is 32.8. The van der Waals surface area contributed by atoms with E-state index in [4.69, 9.17) is 9.47 Å². The SMILES string of the molecule is CCCCC/C=C\C/C=C\CCCCCCCC(=O)CCc1sc2c(c1C(=O)NCCCN(C)C)CCN(COCCCCCCOC(=O)C(CCCCCCCC)CCCCCCCC)C2. The number of fused-ring (bicyclic) bond motifs is 1. The summed E-state index contributed by atoms with van der Waals surface area (Å²) < 4.78 is 12.0. The minimum Gasteiger partial charge on any atom is -0.465 e. The molecule has 1 amide bonds. The first kappa shape index (κ1) is 60.8. The van der Waals surface area contributed by atoms with Crippen molar-refractivity contribution >= 4 is 29.0 Å². The van der Waals surface area contributed by atoms with E-state index in [1.54, 1.807) is 11.3 Å². The molecule has 1 aliphatic rings. The summed E-state index contributed by atoms with van der Waals surface area (Å²) in [6.07, 6.45) is 46.8. The number of carbonyl (C=O) groups is 3. The maximum atomic E-state index is 13.7. The van der Waals surface area contributed by atoms with Crippen LogP contribution in [0.4, 0.5) is 0 Å². The van der Waals surface area contributed by atoms with Gasteiger partial charge in [0.15, 0.2) is 0 Å². The fourth-order valence-corrected chi connectivity index (χ4v) is 10.5. The molecule has 1 N–H and O–H groups in total. The molecule has 8 nitrogen and oxygen atoms in total. The smallest absolute Gasteiger partial charge is 0.308 e. The van der Waals surface area contributed by atoms with Gasteiger partial charge in [-0.2, -0.15) is 0 Å². The predicted molar refractivity (Wildman–Crippen MR) is 286 cm³/mol. The van der Waals surface area contributed by atoms with Gasteiger partial charge in [-0.25, -0.2) is 0 Å². The van der Waals surface area contributed by atoms with Crippen molar-refractivity contribution in [1.82, 2.24) is 15.1 Å². The number of aryl methyl sites for hydroxylation is 1. The van der Waals surface area contributed by atoms with Crippen molar-refractivity contribution in [1.29, 1.82) is 0 Å². The largest absolute Gasteiger partial charge is 0.465 e. The van der Waals surface area contributed by atoms with Gasteiger partial charge in [0.2, 0.25) is 0 Å². The van der Waals surface area contributed by atoms with Crippen molar-refractivity contribution in [2.75, 3.05) is 53.7 Å². The van der Waals surface area contributed by atoms with Gasteiger partial charge in [-0.1, -0.05) is 161 Å². The number of hydrogen-bond acceptors (Lipinski definition) is 8. The van der Waals surface area contributed by atoms with Gasteiger partial charge in [0.05, 0.1) is 24.8 Å². The van der Waals surface area contributed by atoms with Crippen LogP contribution in [0.3, 0.4) is 0 Å². The third-order valence-electron chi connectivity index (χ3n) is 13.4. The molecular weight excluding hydrogens is 851 g/mol. The number of rotatable bonds is 46. The van der Waals surface area contributed by atoms with Crippen molar-refractivity contribution in [3.8, 4) is 0 Å². The first-order valence-electron chi connectivity index (χ1n) is 28.1. The van der Waals surface area contributed by atoms with Crippen molar-refractivity contribution in [3.05, 3.63) is 45.2 Å². The summed E-state index contributed by atoms with van der Waals surface area (Å²) >= 11 is 1.74. The van der Waals surface area contributed by atoms with Gasteiger partial charge in [-0.15, -0.1) is 11.3 Å². The van der Waals surface area contributed by atoms with Crippen molar-refractivity contribution in [2.45, 2.75) is 246 Å². The molecule has 0 aromatic carbocycles. The second-order valence-electron chi connectivity index (χ2n) is 20.0. The standard InChI is InChI=1S/C58H103N3O5S/c1-6-9-12-15-18-19-20-21-22-23-24-25-26-29-34-40-52(62)41-42-54-56(57(63)59-44-37-45-60(4)5)53-43-46-61(49-55(53)67-54)50-65-47-35-30-31-36-48-66-58(64)51(38-32-27-16-13-10-7-2)39-33-28-17-14-11-8-3/h18-19,21-22,51H,6-17,20,23-50H2,1-5H3,(H,59,63)/b19-18-,22-21-. The highest BCUT2D eigenvalue weighted by atomic mass is 32.1. The van der Waals surface area contributed by atoms with Crippen LogP contribution >= 0.6 is 11.3 Å². The molecule has 0 radical (unpaired) electrons. The summed E-state index contributed by atoms with van der Waals surface area (Å²) in [4.78, 5) is 46.7. The molecule has 0 saturated carbocycles.